The van der Waals surface area contributed by atoms with Crippen LogP contribution in [0.2, 0.25) is 0 Å². The molecular formula is C12H9N3O2. The second-order valence-electron chi connectivity index (χ2n) is 3.09. The van der Waals surface area contributed by atoms with Crippen molar-refractivity contribution in [1.82, 2.24) is 5.32 Å². The van der Waals surface area contributed by atoms with Gasteiger partial charge >= 0.3 is 0 Å². The first-order chi connectivity index (χ1) is 8.19. The van der Waals surface area contributed by atoms with Gasteiger partial charge in [-0.2, -0.15) is 10.5 Å². The highest BCUT2D eigenvalue weighted by Gasteiger charge is 2.07. The van der Waals surface area contributed by atoms with E-state index in [2.05, 4.69) is 5.32 Å². The van der Waals surface area contributed by atoms with E-state index in [1.54, 1.807) is 30.3 Å². The number of aliphatic hydroxyl groups is 1. The number of nitriles is 2. The summed E-state index contributed by atoms with van der Waals surface area (Å²) in [6.45, 7) is -0.246. The molecule has 0 bridgehead atoms. The Morgan fingerprint density at radius 3 is 2.35 bits per heavy atom. The SMILES string of the molecule is N#CC(C#N)=C(O)CNC(=O)c1ccccc1. The van der Waals surface area contributed by atoms with E-state index in [-0.39, 0.29) is 12.5 Å². The number of allylic oxidation sites excluding steroid dienone is 1. The largest absolute Gasteiger partial charge is 0.508 e. The van der Waals surface area contributed by atoms with E-state index in [0.717, 1.165) is 0 Å². The summed E-state index contributed by atoms with van der Waals surface area (Å²) in [6.07, 6.45) is 0. The Hall–Kier alpha value is -2.79. The maximum Gasteiger partial charge on any atom is 0.251 e. The van der Waals surface area contributed by atoms with Gasteiger partial charge in [0.1, 0.15) is 17.9 Å². The molecule has 1 aromatic rings. The quantitative estimate of drug-likeness (QED) is 0.600. The number of hydrogen-bond donors (Lipinski definition) is 2. The fourth-order valence-electron chi connectivity index (χ4n) is 1.10. The smallest absolute Gasteiger partial charge is 0.251 e. The molecule has 84 valence electrons. The van der Waals surface area contributed by atoms with E-state index in [4.69, 9.17) is 10.5 Å². The van der Waals surface area contributed by atoms with Crippen molar-refractivity contribution in [3.63, 3.8) is 0 Å². The summed E-state index contributed by atoms with van der Waals surface area (Å²) in [5, 5.41) is 28.7. The summed E-state index contributed by atoms with van der Waals surface area (Å²) in [5.74, 6) is -0.827. The van der Waals surface area contributed by atoms with Crippen LogP contribution < -0.4 is 5.32 Å². The highest BCUT2D eigenvalue weighted by Crippen LogP contribution is 2.00. The van der Waals surface area contributed by atoms with Crippen LogP contribution in [0.4, 0.5) is 0 Å². The highest BCUT2D eigenvalue weighted by molar-refractivity contribution is 5.94. The Bertz CT molecular complexity index is 505. The molecule has 1 amide bonds. The van der Waals surface area contributed by atoms with E-state index in [9.17, 15) is 9.90 Å². The molecule has 0 aliphatic carbocycles. The van der Waals surface area contributed by atoms with Crippen LogP contribution in [-0.4, -0.2) is 17.6 Å². The van der Waals surface area contributed by atoms with E-state index in [0.29, 0.717) is 5.56 Å². The van der Waals surface area contributed by atoms with Crippen LogP contribution in [-0.2, 0) is 0 Å². The Labute approximate surface area is 98.2 Å². The topological polar surface area (TPSA) is 96.9 Å². The molecule has 5 nitrogen and oxygen atoms in total. The van der Waals surface area contributed by atoms with Crippen LogP contribution in [0.25, 0.3) is 0 Å². The van der Waals surface area contributed by atoms with Crippen molar-refractivity contribution in [2.45, 2.75) is 0 Å². The lowest BCUT2D eigenvalue weighted by Gasteiger charge is -2.04. The molecule has 0 fully saturated rings. The van der Waals surface area contributed by atoms with Crippen LogP contribution >= 0.6 is 0 Å². The van der Waals surface area contributed by atoms with Gasteiger partial charge in [0.2, 0.25) is 0 Å². The number of aliphatic hydroxyl groups excluding tert-OH is 1. The predicted molar refractivity (Wildman–Crippen MR) is 59.7 cm³/mol. The number of carbonyl (C=O) groups is 1. The van der Waals surface area contributed by atoms with Crippen LogP contribution in [0.1, 0.15) is 10.4 Å². The zero-order valence-corrected chi connectivity index (χ0v) is 8.84. The summed E-state index contributed by atoms with van der Waals surface area (Å²) in [6, 6.07) is 11.5. The average Bonchev–Trinajstić information content (AvgIpc) is 2.38. The molecule has 5 heteroatoms. The van der Waals surface area contributed by atoms with Gasteiger partial charge in [0.25, 0.3) is 5.91 Å². The van der Waals surface area contributed by atoms with E-state index >= 15 is 0 Å². The first-order valence-corrected chi connectivity index (χ1v) is 4.74. The number of nitrogens with one attached hydrogen (secondary N) is 1. The molecule has 0 aromatic heterocycles. The molecular weight excluding hydrogens is 218 g/mol. The van der Waals surface area contributed by atoms with Gasteiger partial charge in [-0.1, -0.05) is 18.2 Å². The third kappa shape index (κ3) is 3.37. The van der Waals surface area contributed by atoms with Gasteiger partial charge in [0.05, 0.1) is 6.54 Å². The van der Waals surface area contributed by atoms with Gasteiger partial charge in [0, 0.05) is 5.56 Å². The van der Waals surface area contributed by atoms with Gasteiger partial charge in [-0.05, 0) is 12.1 Å². The fraction of sp³-hybridized carbons (Fsp3) is 0.0833. The monoisotopic (exact) mass is 227 g/mol. The Morgan fingerprint density at radius 2 is 1.82 bits per heavy atom. The summed E-state index contributed by atoms with van der Waals surface area (Å²) < 4.78 is 0. The molecule has 0 saturated heterocycles. The van der Waals surface area contributed by atoms with Crippen LogP contribution in [0.3, 0.4) is 0 Å². The molecule has 0 saturated carbocycles. The normalized spacial score (nSPS) is 8.59. The summed E-state index contributed by atoms with van der Waals surface area (Å²) >= 11 is 0. The van der Waals surface area contributed by atoms with Gasteiger partial charge in [0.15, 0.2) is 5.57 Å². The lowest BCUT2D eigenvalue weighted by atomic mass is 10.2. The van der Waals surface area contributed by atoms with Gasteiger partial charge in [-0.25, -0.2) is 0 Å². The van der Waals surface area contributed by atoms with E-state index in [1.165, 1.54) is 12.1 Å². The first kappa shape index (κ1) is 12.3. The second-order valence-corrected chi connectivity index (χ2v) is 3.09. The number of hydrogen-bond acceptors (Lipinski definition) is 4. The summed E-state index contributed by atoms with van der Waals surface area (Å²) in [4.78, 5) is 11.5. The molecule has 0 spiro atoms. The van der Waals surface area contributed by atoms with Crippen LogP contribution in [0, 0.1) is 22.7 Å². The minimum Gasteiger partial charge on any atom is -0.508 e. The average molecular weight is 227 g/mol. The minimum atomic E-state index is -0.445. The zero-order valence-electron chi connectivity index (χ0n) is 8.84. The molecule has 0 unspecified atom stereocenters. The third-order valence-corrected chi connectivity index (χ3v) is 1.96. The molecule has 0 atom stereocenters. The summed E-state index contributed by atoms with van der Waals surface area (Å²) in [7, 11) is 0. The molecule has 1 aromatic carbocycles. The molecule has 0 radical (unpaired) electrons. The predicted octanol–water partition coefficient (Wildman–Crippen LogP) is 1.28. The standard InChI is InChI=1S/C12H9N3O2/c13-6-10(7-14)11(16)8-15-12(17)9-4-2-1-3-5-9/h1-5,16H,8H2,(H,15,17). The third-order valence-electron chi connectivity index (χ3n) is 1.96. The van der Waals surface area contributed by atoms with Crippen molar-refractivity contribution in [1.29, 1.82) is 10.5 Å². The lowest BCUT2D eigenvalue weighted by molar-refractivity contribution is 0.0952. The molecule has 2 N–H and O–H groups in total. The molecule has 0 aliphatic heterocycles. The fourth-order valence-corrected chi connectivity index (χ4v) is 1.10. The van der Waals surface area contributed by atoms with Crippen LogP contribution in [0.15, 0.2) is 41.7 Å². The van der Waals surface area contributed by atoms with Crippen molar-refractivity contribution in [3.05, 3.63) is 47.2 Å². The number of benzene rings is 1. The maximum atomic E-state index is 11.5. The Kier molecular flexibility index (Phi) is 4.29. The van der Waals surface area contributed by atoms with Crippen molar-refractivity contribution >= 4 is 5.91 Å². The van der Waals surface area contributed by atoms with Crippen LogP contribution in [0.5, 0.6) is 0 Å². The highest BCUT2D eigenvalue weighted by atomic mass is 16.3. The Morgan fingerprint density at radius 1 is 1.24 bits per heavy atom. The van der Waals surface area contributed by atoms with E-state index < -0.39 is 11.3 Å². The molecule has 17 heavy (non-hydrogen) atoms. The van der Waals surface area contributed by atoms with Crippen molar-refractivity contribution in [2.24, 2.45) is 0 Å². The lowest BCUT2D eigenvalue weighted by Crippen LogP contribution is -2.25. The number of nitrogens with zero attached hydrogens (tertiary/aromatic N) is 2. The Balaban J connectivity index is 2.66. The van der Waals surface area contributed by atoms with Gasteiger partial charge in [-0.3, -0.25) is 4.79 Å². The molecule has 1 rings (SSSR count). The minimum absolute atomic E-state index is 0.246. The van der Waals surface area contributed by atoms with Gasteiger partial charge < -0.3 is 10.4 Å². The van der Waals surface area contributed by atoms with E-state index in [1.807, 2.05) is 0 Å². The van der Waals surface area contributed by atoms with Gasteiger partial charge in [-0.15, -0.1) is 0 Å². The first-order valence-electron chi connectivity index (χ1n) is 4.74. The molecule has 0 aliphatic rings. The second kappa shape index (κ2) is 5.94. The summed E-state index contributed by atoms with van der Waals surface area (Å²) in [5.41, 5.74) is 0.0362. The van der Waals surface area contributed by atoms with Crippen molar-refractivity contribution < 1.29 is 9.90 Å². The number of amides is 1. The molecule has 0 heterocycles. The zero-order chi connectivity index (χ0) is 12.7. The van der Waals surface area contributed by atoms with Crippen molar-refractivity contribution in [3.8, 4) is 12.1 Å². The van der Waals surface area contributed by atoms with Crippen molar-refractivity contribution in [2.75, 3.05) is 6.54 Å². The number of carbonyl (C=O) groups excluding carboxylic acids is 1. The maximum absolute atomic E-state index is 11.5. The number of rotatable bonds is 3.